The van der Waals surface area contributed by atoms with Gasteiger partial charge < -0.3 is 10.2 Å². The number of fused-ring (bicyclic) bond motifs is 2. The van der Waals surface area contributed by atoms with Crippen LogP contribution in [-0.4, -0.2) is 26.2 Å². The van der Waals surface area contributed by atoms with E-state index in [-0.39, 0.29) is 0 Å². The summed E-state index contributed by atoms with van der Waals surface area (Å²) in [4.78, 5) is 1.77. The maximum Gasteiger partial charge on any atom is 0.103 e. The number of likely N-dealkylation sites (tertiary alicyclic amines) is 1. The van der Waals surface area contributed by atoms with E-state index in [1.54, 1.807) is 4.90 Å². The molecule has 0 amide bonds. The standard InChI is InChI=1S/C16H23BrN2/c1-15-8-16(2,10-18-9-15)12-19(11-15)7-13-4-3-5-14(17)6-13/h3-6,18H,7-12H2,1-2H3/p+2/t15-,16+. The second-order valence-corrected chi connectivity index (χ2v) is 8.32. The van der Waals surface area contributed by atoms with Crippen LogP contribution in [0.15, 0.2) is 28.7 Å². The van der Waals surface area contributed by atoms with E-state index in [2.05, 4.69) is 59.4 Å². The van der Waals surface area contributed by atoms with Gasteiger partial charge in [0.15, 0.2) is 0 Å². The Balaban J connectivity index is 1.75. The summed E-state index contributed by atoms with van der Waals surface area (Å²) in [6, 6.07) is 8.80. The molecule has 0 spiro atoms. The number of nitrogens with two attached hydrogens (primary N) is 1. The highest BCUT2D eigenvalue weighted by molar-refractivity contribution is 9.10. The lowest BCUT2D eigenvalue weighted by Crippen LogP contribution is -3.17. The molecule has 2 aliphatic heterocycles. The number of halogens is 1. The number of hydrogen-bond donors (Lipinski definition) is 2. The van der Waals surface area contributed by atoms with E-state index >= 15 is 0 Å². The smallest absolute Gasteiger partial charge is 0.103 e. The Morgan fingerprint density at radius 1 is 1.21 bits per heavy atom. The van der Waals surface area contributed by atoms with Crippen molar-refractivity contribution < 1.29 is 10.2 Å². The molecule has 1 aromatic carbocycles. The van der Waals surface area contributed by atoms with E-state index in [1.165, 1.54) is 49.2 Å². The Hall–Kier alpha value is -0.380. The number of benzene rings is 1. The first-order chi connectivity index (χ1) is 8.96. The third-order valence-electron chi connectivity index (χ3n) is 4.82. The minimum absolute atomic E-state index is 0.534. The average Bonchev–Trinajstić information content (AvgIpc) is 2.25. The number of hydrogen-bond acceptors (Lipinski definition) is 0. The van der Waals surface area contributed by atoms with Crippen molar-refractivity contribution in [2.45, 2.75) is 26.8 Å². The molecule has 2 heterocycles. The van der Waals surface area contributed by atoms with Gasteiger partial charge in [0.25, 0.3) is 0 Å². The predicted octanol–water partition coefficient (Wildman–Crippen LogP) is 0.827. The Kier molecular flexibility index (Phi) is 3.48. The Labute approximate surface area is 124 Å². The zero-order valence-electron chi connectivity index (χ0n) is 12.0. The van der Waals surface area contributed by atoms with Crippen LogP contribution < -0.4 is 10.2 Å². The molecule has 0 aromatic heterocycles. The quantitative estimate of drug-likeness (QED) is 0.804. The highest BCUT2D eigenvalue weighted by atomic mass is 79.9. The summed E-state index contributed by atoms with van der Waals surface area (Å²) in [5, 5.41) is 2.54. The number of nitrogens with one attached hydrogen (secondary N) is 1. The lowest BCUT2D eigenvalue weighted by molar-refractivity contribution is -0.945. The van der Waals surface area contributed by atoms with Crippen LogP contribution in [0.4, 0.5) is 0 Å². The van der Waals surface area contributed by atoms with Gasteiger partial charge in [0, 0.05) is 10.0 Å². The van der Waals surface area contributed by atoms with Gasteiger partial charge in [0.2, 0.25) is 0 Å². The molecule has 1 unspecified atom stereocenters. The molecule has 1 aromatic rings. The second kappa shape index (κ2) is 4.87. The Morgan fingerprint density at radius 2 is 1.89 bits per heavy atom. The highest BCUT2D eigenvalue weighted by Gasteiger charge is 2.50. The fraction of sp³-hybridized carbons (Fsp3) is 0.625. The van der Waals surface area contributed by atoms with E-state index in [0.29, 0.717) is 10.8 Å². The molecule has 2 nitrogen and oxygen atoms in total. The topological polar surface area (TPSA) is 21.1 Å². The van der Waals surface area contributed by atoms with Crippen molar-refractivity contribution in [1.82, 2.24) is 0 Å². The zero-order valence-corrected chi connectivity index (χ0v) is 13.6. The average molecular weight is 325 g/mol. The summed E-state index contributed by atoms with van der Waals surface area (Å²) in [7, 11) is 0. The molecule has 0 aliphatic carbocycles. The van der Waals surface area contributed by atoms with Crippen LogP contribution in [0, 0.1) is 10.8 Å². The molecule has 2 aliphatic rings. The first kappa shape index (κ1) is 13.6. The molecule has 2 saturated heterocycles. The molecule has 0 radical (unpaired) electrons. The molecule has 3 heteroatoms. The minimum Gasteiger partial charge on any atom is -0.345 e. The van der Waals surface area contributed by atoms with Crippen LogP contribution in [0.5, 0.6) is 0 Å². The Morgan fingerprint density at radius 3 is 2.53 bits per heavy atom. The normalized spacial score (nSPS) is 38.2. The lowest BCUT2D eigenvalue weighted by atomic mass is 9.66. The van der Waals surface area contributed by atoms with Crippen LogP contribution in [0.25, 0.3) is 0 Å². The summed E-state index contributed by atoms with van der Waals surface area (Å²) < 4.78 is 1.20. The van der Waals surface area contributed by atoms with Crippen molar-refractivity contribution in [3.05, 3.63) is 34.3 Å². The largest absolute Gasteiger partial charge is 0.345 e. The van der Waals surface area contributed by atoms with Gasteiger partial charge >= 0.3 is 0 Å². The molecule has 0 saturated carbocycles. The molecular formula is C16H25BrN2+2. The van der Waals surface area contributed by atoms with Gasteiger partial charge in [-0.3, -0.25) is 0 Å². The first-order valence-corrected chi connectivity index (χ1v) is 8.16. The van der Waals surface area contributed by atoms with Gasteiger partial charge in [-0.25, -0.2) is 0 Å². The summed E-state index contributed by atoms with van der Waals surface area (Å²) in [6.45, 7) is 11.4. The monoisotopic (exact) mass is 324 g/mol. The molecule has 19 heavy (non-hydrogen) atoms. The number of rotatable bonds is 2. The maximum atomic E-state index is 3.58. The fourth-order valence-electron chi connectivity index (χ4n) is 4.54. The predicted molar refractivity (Wildman–Crippen MR) is 81.0 cm³/mol. The molecule has 2 fully saturated rings. The van der Waals surface area contributed by atoms with Gasteiger partial charge in [-0.05, 0) is 32.4 Å². The molecule has 104 valence electrons. The van der Waals surface area contributed by atoms with Crippen molar-refractivity contribution in [2.75, 3.05) is 26.2 Å². The second-order valence-electron chi connectivity index (χ2n) is 7.41. The van der Waals surface area contributed by atoms with E-state index < -0.39 is 0 Å². The summed E-state index contributed by atoms with van der Waals surface area (Å²) in [5.74, 6) is 0. The number of quaternary nitrogens is 2. The van der Waals surface area contributed by atoms with Crippen LogP contribution >= 0.6 is 15.9 Å². The van der Waals surface area contributed by atoms with Gasteiger partial charge in [-0.2, -0.15) is 0 Å². The summed E-state index contributed by atoms with van der Waals surface area (Å²) >= 11 is 3.58. The summed E-state index contributed by atoms with van der Waals surface area (Å²) in [6.07, 6.45) is 1.42. The van der Waals surface area contributed by atoms with Crippen molar-refractivity contribution in [1.29, 1.82) is 0 Å². The highest BCUT2D eigenvalue weighted by Crippen LogP contribution is 2.35. The zero-order chi connectivity index (χ0) is 13.5. The van der Waals surface area contributed by atoms with Crippen molar-refractivity contribution in [2.24, 2.45) is 10.8 Å². The van der Waals surface area contributed by atoms with E-state index in [4.69, 9.17) is 0 Å². The van der Waals surface area contributed by atoms with Crippen molar-refractivity contribution >= 4 is 15.9 Å². The molecular weight excluding hydrogens is 300 g/mol. The third-order valence-corrected chi connectivity index (χ3v) is 5.32. The van der Waals surface area contributed by atoms with Gasteiger partial charge in [-0.15, -0.1) is 0 Å². The maximum absolute atomic E-state index is 3.58. The van der Waals surface area contributed by atoms with Gasteiger partial charge in [0.05, 0.1) is 37.0 Å². The number of piperidine rings is 2. The first-order valence-electron chi connectivity index (χ1n) is 7.36. The van der Waals surface area contributed by atoms with E-state index in [1.807, 2.05) is 0 Å². The summed E-state index contributed by atoms with van der Waals surface area (Å²) in [5.41, 5.74) is 2.53. The van der Waals surface area contributed by atoms with Gasteiger partial charge in [0.1, 0.15) is 6.54 Å². The van der Waals surface area contributed by atoms with E-state index in [0.717, 1.165) is 0 Å². The van der Waals surface area contributed by atoms with Crippen LogP contribution in [0.1, 0.15) is 25.8 Å². The molecule has 3 N–H and O–H groups in total. The Bertz CT molecular complexity index is 458. The van der Waals surface area contributed by atoms with Crippen molar-refractivity contribution in [3.8, 4) is 0 Å². The third kappa shape index (κ3) is 3.04. The lowest BCUT2D eigenvalue weighted by Gasteiger charge is -2.49. The SMILES string of the molecule is C[C@]12C[NH2+]C[C@](C)(C[NH+](Cc3cccc(Br)c3)C1)C2. The van der Waals surface area contributed by atoms with Crippen molar-refractivity contribution in [3.63, 3.8) is 0 Å². The molecule has 2 bridgehead atoms. The fourth-order valence-corrected chi connectivity index (χ4v) is 4.99. The van der Waals surface area contributed by atoms with E-state index in [9.17, 15) is 0 Å². The van der Waals surface area contributed by atoms with Crippen LogP contribution in [-0.2, 0) is 6.54 Å². The molecule has 3 atom stereocenters. The van der Waals surface area contributed by atoms with Crippen LogP contribution in [0.2, 0.25) is 0 Å². The minimum atomic E-state index is 0.534. The van der Waals surface area contributed by atoms with Crippen LogP contribution in [0.3, 0.4) is 0 Å². The van der Waals surface area contributed by atoms with Gasteiger partial charge in [-0.1, -0.05) is 28.1 Å². The molecule has 3 rings (SSSR count).